The lowest BCUT2D eigenvalue weighted by Crippen LogP contribution is -2.30. The lowest BCUT2D eigenvalue weighted by Gasteiger charge is -2.09. The normalized spacial score (nSPS) is 10.0. The second-order valence-electron chi connectivity index (χ2n) is 5.23. The van der Waals surface area contributed by atoms with Gasteiger partial charge in [-0.25, -0.2) is 0 Å². The Morgan fingerprint density at radius 1 is 1.09 bits per heavy atom. The van der Waals surface area contributed by atoms with Crippen LogP contribution in [0.25, 0.3) is 0 Å². The van der Waals surface area contributed by atoms with E-state index in [0.717, 1.165) is 0 Å². The summed E-state index contributed by atoms with van der Waals surface area (Å²) in [5, 5.41) is 14.2. The number of nitriles is 1. The monoisotopic (exact) mass is 308 g/mol. The maximum atomic E-state index is 12.2. The van der Waals surface area contributed by atoms with Gasteiger partial charge >= 0.3 is 0 Å². The van der Waals surface area contributed by atoms with E-state index in [1.807, 2.05) is 19.9 Å². The minimum atomic E-state index is -0.374. The number of amides is 2. The number of nitrogens with zero attached hydrogens (tertiary/aromatic N) is 2. The molecule has 1 aromatic carbocycles. The van der Waals surface area contributed by atoms with E-state index in [4.69, 9.17) is 5.26 Å². The summed E-state index contributed by atoms with van der Waals surface area (Å²) in [6, 6.07) is 10.00. The van der Waals surface area contributed by atoms with Crippen LogP contribution >= 0.6 is 0 Å². The Labute approximate surface area is 134 Å². The molecule has 2 N–H and O–H groups in total. The molecule has 23 heavy (non-hydrogen) atoms. The standard InChI is InChI=1S/C17H16N4O2/c1-11(2)20-16(22)13-7-14(10-19-9-13)17(23)21-15-5-3-12(8-18)4-6-15/h3-7,9-11H,1-2H3,(H,20,22)(H,21,23). The summed E-state index contributed by atoms with van der Waals surface area (Å²) in [4.78, 5) is 28.1. The third-order valence-electron chi connectivity index (χ3n) is 2.95. The molecule has 2 amide bonds. The number of hydrogen-bond acceptors (Lipinski definition) is 4. The van der Waals surface area contributed by atoms with Gasteiger partial charge in [0.1, 0.15) is 0 Å². The second-order valence-corrected chi connectivity index (χ2v) is 5.23. The molecule has 6 nitrogen and oxygen atoms in total. The van der Waals surface area contributed by atoms with Gasteiger partial charge in [0.2, 0.25) is 0 Å². The molecule has 0 unspecified atom stereocenters. The van der Waals surface area contributed by atoms with Crippen LogP contribution in [0, 0.1) is 11.3 Å². The zero-order valence-electron chi connectivity index (χ0n) is 12.8. The Hall–Kier alpha value is -3.20. The maximum absolute atomic E-state index is 12.2. The van der Waals surface area contributed by atoms with Crippen molar-refractivity contribution in [2.75, 3.05) is 5.32 Å². The summed E-state index contributed by atoms with van der Waals surface area (Å²) in [7, 11) is 0. The Morgan fingerprint density at radius 3 is 2.26 bits per heavy atom. The van der Waals surface area contributed by atoms with Crippen LogP contribution in [0.1, 0.15) is 40.1 Å². The molecule has 116 valence electrons. The number of hydrogen-bond donors (Lipinski definition) is 2. The maximum Gasteiger partial charge on any atom is 0.257 e. The Bertz CT molecular complexity index is 761. The number of anilines is 1. The summed E-state index contributed by atoms with van der Waals surface area (Å²) < 4.78 is 0. The smallest absolute Gasteiger partial charge is 0.257 e. The van der Waals surface area contributed by atoms with Gasteiger partial charge < -0.3 is 10.6 Å². The lowest BCUT2D eigenvalue weighted by atomic mass is 10.1. The van der Waals surface area contributed by atoms with E-state index >= 15 is 0 Å². The zero-order valence-corrected chi connectivity index (χ0v) is 12.8. The fourth-order valence-electron chi connectivity index (χ4n) is 1.87. The van der Waals surface area contributed by atoms with E-state index in [1.54, 1.807) is 24.3 Å². The van der Waals surface area contributed by atoms with Crippen molar-refractivity contribution in [1.29, 1.82) is 5.26 Å². The van der Waals surface area contributed by atoms with Crippen molar-refractivity contribution in [1.82, 2.24) is 10.3 Å². The van der Waals surface area contributed by atoms with Crippen molar-refractivity contribution in [2.24, 2.45) is 0 Å². The van der Waals surface area contributed by atoms with Crippen LogP contribution in [0.15, 0.2) is 42.7 Å². The van der Waals surface area contributed by atoms with Crippen LogP contribution in [0.4, 0.5) is 5.69 Å². The van der Waals surface area contributed by atoms with Crippen molar-refractivity contribution in [3.05, 3.63) is 59.4 Å². The first kappa shape index (κ1) is 16.2. The molecular weight excluding hydrogens is 292 g/mol. The molecule has 0 fully saturated rings. The lowest BCUT2D eigenvalue weighted by molar-refractivity contribution is 0.0942. The van der Waals surface area contributed by atoms with Crippen LogP contribution in [0.2, 0.25) is 0 Å². The Kier molecular flexibility index (Phi) is 5.05. The molecule has 0 spiro atoms. The SMILES string of the molecule is CC(C)NC(=O)c1cncc(C(=O)Nc2ccc(C#N)cc2)c1. The highest BCUT2D eigenvalue weighted by Crippen LogP contribution is 2.11. The van der Waals surface area contributed by atoms with Gasteiger partial charge in [0.15, 0.2) is 0 Å². The molecule has 0 saturated carbocycles. The fourth-order valence-corrected chi connectivity index (χ4v) is 1.87. The first-order valence-corrected chi connectivity index (χ1v) is 7.07. The Morgan fingerprint density at radius 2 is 1.70 bits per heavy atom. The largest absolute Gasteiger partial charge is 0.350 e. The van der Waals surface area contributed by atoms with E-state index in [1.165, 1.54) is 18.5 Å². The van der Waals surface area contributed by atoms with Crippen LogP contribution in [-0.2, 0) is 0 Å². The molecule has 1 aromatic heterocycles. The zero-order chi connectivity index (χ0) is 16.8. The molecule has 0 saturated heterocycles. The fraction of sp³-hybridized carbons (Fsp3) is 0.176. The highest BCUT2D eigenvalue weighted by molar-refractivity contribution is 6.05. The quantitative estimate of drug-likeness (QED) is 0.906. The van der Waals surface area contributed by atoms with Crippen LogP contribution < -0.4 is 10.6 Å². The van der Waals surface area contributed by atoms with Gasteiger partial charge in [-0.15, -0.1) is 0 Å². The summed E-state index contributed by atoms with van der Waals surface area (Å²) >= 11 is 0. The first-order chi connectivity index (χ1) is 11.0. The summed E-state index contributed by atoms with van der Waals surface area (Å²) in [5.41, 5.74) is 1.68. The van der Waals surface area contributed by atoms with Crippen LogP contribution in [0.3, 0.4) is 0 Å². The van der Waals surface area contributed by atoms with Gasteiger partial charge in [0.25, 0.3) is 11.8 Å². The molecular formula is C17H16N4O2. The molecule has 0 aliphatic carbocycles. The van der Waals surface area contributed by atoms with Crippen molar-refractivity contribution in [3.8, 4) is 6.07 Å². The van der Waals surface area contributed by atoms with Crippen molar-refractivity contribution < 1.29 is 9.59 Å². The van der Waals surface area contributed by atoms with Gasteiger partial charge in [0, 0.05) is 24.1 Å². The molecule has 0 atom stereocenters. The number of nitrogens with one attached hydrogen (secondary N) is 2. The molecule has 1 heterocycles. The molecule has 6 heteroatoms. The number of benzene rings is 1. The number of rotatable bonds is 4. The highest BCUT2D eigenvalue weighted by atomic mass is 16.2. The number of carbonyl (C=O) groups is 2. The van der Waals surface area contributed by atoms with Gasteiger partial charge in [-0.1, -0.05) is 0 Å². The van der Waals surface area contributed by atoms with E-state index in [-0.39, 0.29) is 23.4 Å². The summed E-state index contributed by atoms with van der Waals surface area (Å²) in [6.07, 6.45) is 2.81. The second kappa shape index (κ2) is 7.18. The molecule has 2 rings (SSSR count). The summed E-state index contributed by atoms with van der Waals surface area (Å²) in [6.45, 7) is 3.71. The minimum Gasteiger partial charge on any atom is -0.350 e. The van der Waals surface area contributed by atoms with Crippen molar-refractivity contribution >= 4 is 17.5 Å². The third kappa shape index (κ3) is 4.38. The summed E-state index contributed by atoms with van der Waals surface area (Å²) in [5.74, 6) is -0.651. The average molecular weight is 308 g/mol. The van der Waals surface area contributed by atoms with E-state index in [2.05, 4.69) is 15.6 Å². The first-order valence-electron chi connectivity index (χ1n) is 7.07. The average Bonchev–Trinajstić information content (AvgIpc) is 2.55. The topological polar surface area (TPSA) is 94.9 Å². The third-order valence-corrected chi connectivity index (χ3v) is 2.95. The van der Waals surface area contributed by atoms with E-state index in [9.17, 15) is 9.59 Å². The molecule has 2 aromatic rings. The van der Waals surface area contributed by atoms with Crippen molar-refractivity contribution in [3.63, 3.8) is 0 Å². The minimum absolute atomic E-state index is 0.00127. The predicted molar refractivity (Wildman–Crippen MR) is 85.9 cm³/mol. The number of aromatic nitrogens is 1. The molecule has 0 radical (unpaired) electrons. The van der Waals surface area contributed by atoms with Crippen LogP contribution in [0.5, 0.6) is 0 Å². The van der Waals surface area contributed by atoms with E-state index < -0.39 is 0 Å². The number of pyridine rings is 1. The Balaban J connectivity index is 2.13. The van der Waals surface area contributed by atoms with Gasteiger partial charge in [-0.3, -0.25) is 14.6 Å². The van der Waals surface area contributed by atoms with Crippen LogP contribution in [-0.4, -0.2) is 22.8 Å². The molecule has 0 aliphatic heterocycles. The van der Waals surface area contributed by atoms with Crippen molar-refractivity contribution in [2.45, 2.75) is 19.9 Å². The van der Waals surface area contributed by atoms with Gasteiger partial charge in [-0.2, -0.15) is 5.26 Å². The van der Waals surface area contributed by atoms with E-state index in [0.29, 0.717) is 16.8 Å². The molecule has 0 aliphatic rings. The van der Waals surface area contributed by atoms with Gasteiger partial charge in [-0.05, 0) is 44.2 Å². The van der Waals surface area contributed by atoms with Gasteiger partial charge in [0.05, 0.1) is 22.8 Å². The molecule has 0 bridgehead atoms. The predicted octanol–water partition coefficient (Wildman–Crippen LogP) is 2.34. The highest BCUT2D eigenvalue weighted by Gasteiger charge is 2.12. The number of carbonyl (C=O) groups excluding carboxylic acids is 2.